The first-order valence-electron chi connectivity index (χ1n) is 7.23. The van der Waals surface area contributed by atoms with Gasteiger partial charge in [-0.1, -0.05) is 0 Å². The van der Waals surface area contributed by atoms with Gasteiger partial charge in [0.15, 0.2) is 0 Å². The van der Waals surface area contributed by atoms with E-state index in [1.165, 1.54) is 6.07 Å². The van der Waals surface area contributed by atoms with Crippen LogP contribution in [0.15, 0.2) is 30.5 Å². The summed E-state index contributed by atoms with van der Waals surface area (Å²) in [6.07, 6.45) is 3.32. The molecule has 0 aliphatic heterocycles. The lowest BCUT2D eigenvalue weighted by Crippen LogP contribution is -2.22. The third-order valence-corrected chi connectivity index (χ3v) is 3.21. The van der Waals surface area contributed by atoms with E-state index in [2.05, 4.69) is 9.88 Å². The molecule has 1 heterocycles. The Labute approximate surface area is 119 Å². The number of halogens is 1. The Morgan fingerprint density at radius 2 is 2.10 bits per heavy atom. The van der Waals surface area contributed by atoms with E-state index in [1.54, 1.807) is 6.07 Å². The number of hydrogen-bond acceptors (Lipinski definition) is 2. The molecule has 0 radical (unpaired) electrons. The van der Waals surface area contributed by atoms with Gasteiger partial charge >= 0.3 is 0 Å². The number of aromatic nitrogens is 1. The fourth-order valence-corrected chi connectivity index (χ4v) is 2.19. The van der Waals surface area contributed by atoms with Gasteiger partial charge in [0.25, 0.3) is 0 Å². The smallest absolute Gasteiger partial charge is 0.125 e. The maximum atomic E-state index is 13.2. The third-order valence-electron chi connectivity index (χ3n) is 3.21. The lowest BCUT2D eigenvalue weighted by atomic mass is 10.2. The Morgan fingerprint density at radius 1 is 1.25 bits per heavy atom. The molecule has 0 aliphatic rings. The first-order chi connectivity index (χ1) is 9.66. The molecule has 20 heavy (non-hydrogen) atoms. The highest BCUT2D eigenvalue weighted by molar-refractivity contribution is 5.80. The lowest BCUT2D eigenvalue weighted by Gasteiger charge is -2.09. The highest BCUT2D eigenvalue weighted by atomic mass is 19.1. The van der Waals surface area contributed by atoms with Gasteiger partial charge in [-0.05, 0) is 56.5 Å². The van der Waals surface area contributed by atoms with Crippen molar-refractivity contribution in [3.63, 3.8) is 0 Å². The van der Waals surface area contributed by atoms with E-state index in [-0.39, 0.29) is 5.82 Å². The molecule has 0 atom stereocenters. The molecule has 1 aromatic heterocycles. The predicted molar refractivity (Wildman–Crippen MR) is 80.5 cm³/mol. The molecular formula is C16H23FN2O. The van der Waals surface area contributed by atoms with Crippen LogP contribution < -0.4 is 5.32 Å². The summed E-state index contributed by atoms with van der Waals surface area (Å²) in [7, 11) is 0. The standard InChI is InChI=1S/C16H23FN2O/c1-13(2)20-11-3-7-18-8-10-19-9-6-14-4-5-15(17)12-16(14)19/h4-6,9,12-13,18H,3,7-8,10-11H2,1-2H3. The van der Waals surface area contributed by atoms with Crippen molar-refractivity contribution in [1.82, 2.24) is 9.88 Å². The van der Waals surface area contributed by atoms with Gasteiger partial charge in [0, 0.05) is 25.9 Å². The summed E-state index contributed by atoms with van der Waals surface area (Å²) in [5.74, 6) is -0.184. The van der Waals surface area contributed by atoms with Crippen LogP contribution in [0.2, 0.25) is 0 Å². The van der Waals surface area contributed by atoms with E-state index >= 15 is 0 Å². The summed E-state index contributed by atoms with van der Waals surface area (Å²) in [5.41, 5.74) is 0.954. The molecule has 0 saturated heterocycles. The average Bonchev–Trinajstić information content (AvgIpc) is 2.80. The molecule has 1 aromatic carbocycles. The van der Waals surface area contributed by atoms with Gasteiger partial charge in [-0.15, -0.1) is 0 Å². The predicted octanol–water partition coefficient (Wildman–Crippen LogP) is 3.19. The van der Waals surface area contributed by atoms with Crippen LogP contribution in [-0.2, 0) is 11.3 Å². The molecule has 3 nitrogen and oxygen atoms in total. The molecule has 0 fully saturated rings. The minimum atomic E-state index is -0.184. The first-order valence-corrected chi connectivity index (χ1v) is 7.23. The van der Waals surface area contributed by atoms with Gasteiger partial charge in [-0.3, -0.25) is 0 Å². The van der Waals surface area contributed by atoms with Crippen LogP contribution in [0.4, 0.5) is 4.39 Å². The summed E-state index contributed by atoms with van der Waals surface area (Å²) < 4.78 is 20.8. The number of ether oxygens (including phenoxy) is 1. The quantitative estimate of drug-likeness (QED) is 0.751. The number of benzene rings is 1. The average molecular weight is 278 g/mol. The Kier molecular flexibility index (Phi) is 5.56. The van der Waals surface area contributed by atoms with Crippen LogP contribution in [0.5, 0.6) is 0 Å². The monoisotopic (exact) mass is 278 g/mol. The van der Waals surface area contributed by atoms with E-state index in [0.29, 0.717) is 6.10 Å². The number of fused-ring (bicyclic) bond motifs is 1. The molecule has 2 aromatic rings. The van der Waals surface area contributed by atoms with Gasteiger partial charge in [0.05, 0.1) is 11.6 Å². The summed E-state index contributed by atoms with van der Waals surface area (Å²) in [4.78, 5) is 0. The van der Waals surface area contributed by atoms with Crippen LogP contribution in [0.3, 0.4) is 0 Å². The number of rotatable bonds is 8. The molecular weight excluding hydrogens is 255 g/mol. The molecule has 2 rings (SSSR count). The van der Waals surface area contributed by atoms with E-state index in [4.69, 9.17) is 4.74 Å². The van der Waals surface area contributed by atoms with Gasteiger partial charge < -0.3 is 14.6 Å². The van der Waals surface area contributed by atoms with E-state index in [9.17, 15) is 4.39 Å². The number of nitrogens with one attached hydrogen (secondary N) is 1. The van der Waals surface area contributed by atoms with Crippen molar-refractivity contribution >= 4 is 10.9 Å². The summed E-state index contributed by atoms with van der Waals surface area (Å²) in [5, 5.41) is 4.46. The molecule has 0 spiro atoms. The van der Waals surface area contributed by atoms with Crippen LogP contribution in [-0.4, -0.2) is 30.4 Å². The molecule has 110 valence electrons. The first kappa shape index (κ1) is 15.0. The molecule has 0 saturated carbocycles. The third kappa shape index (κ3) is 4.32. The molecule has 1 N–H and O–H groups in total. The highest BCUT2D eigenvalue weighted by Gasteiger charge is 2.02. The van der Waals surface area contributed by atoms with Crippen molar-refractivity contribution in [1.29, 1.82) is 0 Å². The summed E-state index contributed by atoms with van der Waals surface area (Å²) in [6.45, 7) is 7.55. The van der Waals surface area contributed by atoms with Crippen molar-refractivity contribution in [2.45, 2.75) is 32.9 Å². The maximum absolute atomic E-state index is 13.2. The van der Waals surface area contributed by atoms with E-state index < -0.39 is 0 Å². The van der Waals surface area contributed by atoms with Gasteiger partial charge in [0.1, 0.15) is 5.82 Å². The zero-order valence-corrected chi connectivity index (χ0v) is 12.2. The number of hydrogen-bond donors (Lipinski definition) is 1. The minimum Gasteiger partial charge on any atom is -0.379 e. The van der Waals surface area contributed by atoms with Crippen molar-refractivity contribution in [3.8, 4) is 0 Å². The summed E-state index contributed by atoms with van der Waals surface area (Å²) >= 11 is 0. The van der Waals surface area contributed by atoms with Gasteiger partial charge in [0.2, 0.25) is 0 Å². The van der Waals surface area contributed by atoms with Gasteiger partial charge in [-0.2, -0.15) is 0 Å². The topological polar surface area (TPSA) is 26.2 Å². The number of nitrogens with zero attached hydrogens (tertiary/aromatic N) is 1. The SMILES string of the molecule is CC(C)OCCCNCCn1ccc2ccc(F)cc21. The highest BCUT2D eigenvalue weighted by Crippen LogP contribution is 2.16. The fraction of sp³-hybridized carbons (Fsp3) is 0.500. The zero-order valence-electron chi connectivity index (χ0n) is 12.2. The fourth-order valence-electron chi connectivity index (χ4n) is 2.19. The molecule has 0 amide bonds. The molecule has 0 unspecified atom stereocenters. The second-order valence-electron chi connectivity index (χ2n) is 5.24. The Bertz CT molecular complexity index is 536. The van der Waals surface area contributed by atoms with Crippen LogP contribution in [0, 0.1) is 5.82 Å². The van der Waals surface area contributed by atoms with Crippen molar-refractivity contribution in [2.75, 3.05) is 19.7 Å². The van der Waals surface area contributed by atoms with Crippen molar-refractivity contribution < 1.29 is 9.13 Å². The van der Waals surface area contributed by atoms with Crippen LogP contribution in [0.1, 0.15) is 20.3 Å². The van der Waals surface area contributed by atoms with E-state index in [0.717, 1.165) is 43.6 Å². The largest absolute Gasteiger partial charge is 0.379 e. The molecule has 0 aliphatic carbocycles. The zero-order chi connectivity index (χ0) is 14.4. The van der Waals surface area contributed by atoms with Crippen LogP contribution >= 0.6 is 0 Å². The minimum absolute atomic E-state index is 0.184. The lowest BCUT2D eigenvalue weighted by molar-refractivity contribution is 0.0771. The maximum Gasteiger partial charge on any atom is 0.125 e. The van der Waals surface area contributed by atoms with Crippen molar-refractivity contribution in [3.05, 3.63) is 36.3 Å². The Morgan fingerprint density at radius 3 is 2.90 bits per heavy atom. The van der Waals surface area contributed by atoms with Gasteiger partial charge in [-0.25, -0.2) is 4.39 Å². The Hall–Kier alpha value is -1.39. The Balaban J connectivity index is 1.72. The summed E-state index contributed by atoms with van der Waals surface area (Å²) in [6, 6.07) is 6.93. The second-order valence-corrected chi connectivity index (χ2v) is 5.24. The second kappa shape index (κ2) is 7.41. The molecule has 4 heteroatoms. The van der Waals surface area contributed by atoms with E-state index in [1.807, 2.05) is 32.2 Å². The molecule has 0 bridgehead atoms. The normalized spacial score (nSPS) is 11.6. The van der Waals surface area contributed by atoms with Crippen LogP contribution in [0.25, 0.3) is 10.9 Å². The van der Waals surface area contributed by atoms with Crippen molar-refractivity contribution in [2.24, 2.45) is 0 Å².